The van der Waals surface area contributed by atoms with Gasteiger partial charge >= 0.3 is 5.97 Å². The Morgan fingerprint density at radius 3 is 2.54 bits per heavy atom. The molecule has 1 unspecified atom stereocenters. The maximum absolute atomic E-state index is 13.2. The molecule has 0 aliphatic carbocycles. The Hall–Kier alpha value is -1.86. The summed E-state index contributed by atoms with van der Waals surface area (Å²) in [4.78, 5) is 11.0. The number of hydrogen-bond donors (Lipinski definition) is 1. The number of halogens is 1. The Kier molecular flexibility index (Phi) is 6.45. The number of nitrogens with zero attached hydrogens (tertiary/aromatic N) is 1. The summed E-state index contributed by atoms with van der Waals surface area (Å²) in [6.07, 6.45) is 4.41. The number of sulfonamides is 1. The van der Waals surface area contributed by atoms with Crippen LogP contribution in [0.25, 0.3) is 0 Å². The predicted molar refractivity (Wildman–Crippen MR) is 113 cm³/mol. The van der Waals surface area contributed by atoms with E-state index in [1.165, 1.54) is 4.31 Å². The van der Waals surface area contributed by atoms with Gasteiger partial charge in [-0.05, 0) is 42.2 Å². The van der Waals surface area contributed by atoms with Gasteiger partial charge in [-0.25, -0.2) is 8.42 Å². The zero-order valence-electron chi connectivity index (χ0n) is 15.8. The molecule has 5 nitrogen and oxygen atoms in total. The van der Waals surface area contributed by atoms with Crippen LogP contribution in [0.3, 0.4) is 0 Å². The Balaban J connectivity index is 1.93. The fourth-order valence-electron chi connectivity index (χ4n) is 3.82. The largest absolute Gasteiger partial charge is 0.481 e. The SMILES string of the molecule is CN1c2ccccc2C(CCCCCCC(=O)O)c2ccc(Br)cc2S1(=O)=O. The first-order chi connectivity index (χ1) is 13.3. The van der Waals surface area contributed by atoms with E-state index in [0.29, 0.717) is 17.0 Å². The van der Waals surface area contributed by atoms with Gasteiger partial charge in [0, 0.05) is 23.9 Å². The minimum Gasteiger partial charge on any atom is -0.481 e. The van der Waals surface area contributed by atoms with Gasteiger partial charge < -0.3 is 5.11 Å². The minimum atomic E-state index is -3.64. The number of fused-ring (bicyclic) bond motifs is 2. The molecule has 0 radical (unpaired) electrons. The van der Waals surface area contributed by atoms with Crippen LogP contribution in [0, 0.1) is 0 Å². The molecule has 1 atom stereocenters. The quantitative estimate of drug-likeness (QED) is 0.573. The van der Waals surface area contributed by atoms with E-state index >= 15 is 0 Å². The zero-order chi connectivity index (χ0) is 20.3. The first-order valence-corrected chi connectivity index (χ1v) is 11.6. The molecule has 7 heteroatoms. The summed E-state index contributed by atoms with van der Waals surface area (Å²) >= 11 is 3.40. The molecular weight excluding hydrogens is 442 g/mol. The van der Waals surface area contributed by atoms with Crippen LogP contribution in [0.4, 0.5) is 5.69 Å². The summed E-state index contributed by atoms with van der Waals surface area (Å²) in [5.41, 5.74) is 2.55. The molecule has 1 heterocycles. The molecule has 0 aromatic heterocycles. The van der Waals surface area contributed by atoms with E-state index in [9.17, 15) is 13.2 Å². The molecule has 0 amide bonds. The maximum Gasteiger partial charge on any atom is 0.303 e. The number of carbonyl (C=O) groups is 1. The number of rotatable bonds is 7. The van der Waals surface area contributed by atoms with Crippen LogP contribution in [-0.2, 0) is 14.8 Å². The topological polar surface area (TPSA) is 74.7 Å². The van der Waals surface area contributed by atoms with Crippen molar-refractivity contribution in [2.24, 2.45) is 0 Å². The van der Waals surface area contributed by atoms with Crippen LogP contribution < -0.4 is 4.31 Å². The van der Waals surface area contributed by atoms with E-state index in [1.54, 1.807) is 13.1 Å². The van der Waals surface area contributed by atoms with E-state index in [1.807, 2.05) is 36.4 Å². The molecule has 150 valence electrons. The fourth-order valence-corrected chi connectivity index (χ4v) is 5.84. The van der Waals surface area contributed by atoms with Crippen molar-refractivity contribution in [3.63, 3.8) is 0 Å². The van der Waals surface area contributed by atoms with Gasteiger partial charge in [-0.2, -0.15) is 0 Å². The summed E-state index contributed by atoms with van der Waals surface area (Å²) in [5, 5.41) is 8.75. The lowest BCUT2D eigenvalue weighted by molar-refractivity contribution is -0.137. The van der Waals surface area contributed by atoms with E-state index in [2.05, 4.69) is 15.9 Å². The van der Waals surface area contributed by atoms with Gasteiger partial charge in [-0.1, -0.05) is 59.5 Å². The number of hydrogen-bond acceptors (Lipinski definition) is 3. The van der Waals surface area contributed by atoms with Gasteiger partial charge in [0.15, 0.2) is 0 Å². The Morgan fingerprint density at radius 1 is 1.07 bits per heavy atom. The van der Waals surface area contributed by atoms with Crippen LogP contribution in [-0.4, -0.2) is 26.5 Å². The molecule has 0 bridgehead atoms. The highest BCUT2D eigenvalue weighted by atomic mass is 79.9. The zero-order valence-corrected chi connectivity index (χ0v) is 18.2. The second kappa shape index (κ2) is 8.66. The van der Waals surface area contributed by atoms with Crippen molar-refractivity contribution in [2.75, 3.05) is 11.4 Å². The van der Waals surface area contributed by atoms with Crippen molar-refractivity contribution in [1.29, 1.82) is 0 Å². The molecule has 0 spiro atoms. The van der Waals surface area contributed by atoms with Gasteiger partial charge in [0.05, 0.1) is 10.6 Å². The lowest BCUT2D eigenvalue weighted by Gasteiger charge is -2.21. The van der Waals surface area contributed by atoms with Crippen molar-refractivity contribution < 1.29 is 18.3 Å². The highest BCUT2D eigenvalue weighted by molar-refractivity contribution is 9.10. The smallest absolute Gasteiger partial charge is 0.303 e. The third-order valence-corrected chi connectivity index (χ3v) is 7.59. The van der Waals surface area contributed by atoms with E-state index in [4.69, 9.17) is 5.11 Å². The standard InChI is InChI=1S/C21H24BrNO4S/c1-23-19-10-7-6-9-17(19)16(8-4-2-3-5-11-21(24)25)18-13-12-15(22)14-20(18)28(23,26)27/h6-7,9-10,12-14,16H,2-5,8,11H2,1H3,(H,24,25). The third kappa shape index (κ3) is 4.25. The van der Waals surface area contributed by atoms with Crippen molar-refractivity contribution in [2.45, 2.75) is 49.3 Å². The van der Waals surface area contributed by atoms with Crippen molar-refractivity contribution in [3.8, 4) is 0 Å². The van der Waals surface area contributed by atoms with Crippen molar-refractivity contribution >= 4 is 37.6 Å². The number of para-hydroxylation sites is 1. The van der Waals surface area contributed by atoms with Crippen LogP contribution in [0.5, 0.6) is 0 Å². The van der Waals surface area contributed by atoms with Gasteiger partial charge in [0.1, 0.15) is 0 Å². The number of unbranched alkanes of at least 4 members (excludes halogenated alkanes) is 3. The number of aliphatic carboxylic acids is 1. The Labute approximate surface area is 174 Å². The second-order valence-electron chi connectivity index (χ2n) is 7.11. The predicted octanol–water partition coefficient (Wildman–Crippen LogP) is 5.14. The average molecular weight is 466 g/mol. The summed E-state index contributed by atoms with van der Waals surface area (Å²) in [6.45, 7) is 0. The molecule has 0 saturated carbocycles. The summed E-state index contributed by atoms with van der Waals surface area (Å²) in [6, 6.07) is 13.2. The Morgan fingerprint density at radius 2 is 1.79 bits per heavy atom. The third-order valence-electron chi connectivity index (χ3n) is 5.27. The normalized spacial score (nSPS) is 17.5. The lowest BCUT2D eigenvalue weighted by Crippen LogP contribution is -2.26. The van der Waals surface area contributed by atoms with Gasteiger partial charge in [-0.15, -0.1) is 0 Å². The highest BCUT2D eigenvalue weighted by Gasteiger charge is 2.34. The van der Waals surface area contributed by atoms with Crippen LogP contribution >= 0.6 is 15.9 Å². The molecule has 1 aliphatic heterocycles. The molecule has 2 aromatic rings. The molecule has 0 fully saturated rings. The fraction of sp³-hybridized carbons (Fsp3) is 0.381. The van der Waals surface area contributed by atoms with E-state index in [0.717, 1.165) is 41.3 Å². The summed E-state index contributed by atoms with van der Waals surface area (Å²) in [5.74, 6) is -0.774. The Bertz CT molecular complexity index is 974. The highest BCUT2D eigenvalue weighted by Crippen LogP contribution is 2.44. The summed E-state index contributed by atoms with van der Waals surface area (Å²) in [7, 11) is -2.03. The van der Waals surface area contributed by atoms with Crippen LogP contribution in [0.15, 0.2) is 51.8 Å². The maximum atomic E-state index is 13.2. The molecule has 28 heavy (non-hydrogen) atoms. The number of carboxylic acid groups (broad SMARTS) is 1. The number of anilines is 1. The van der Waals surface area contributed by atoms with Crippen molar-refractivity contribution in [1.82, 2.24) is 0 Å². The molecule has 1 aliphatic rings. The molecule has 1 N–H and O–H groups in total. The number of benzene rings is 2. The minimum absolute atomic E-state index is 0.0153. The molecule has 2 aromatic carbocycles. The van der Waals surface area contributed by atoms with Gasteiger partial charge in [0.2, 0.25) is 0 Å². The average Bonchev–Trinajstić information content (AvgIpc) is 2.72. The summed E-state index contributed by atoms with van der Waals surface area (Å²) < 4.78 is 28.5. The van der Waals surface area contributed by atoms with E-state index in [-0.39, 0.29) is 12.3 Å². The van der Waals surface area contributed by atoms with Crippen molar-refractivity contribution in [3.05, 3.63) is 58.1 Å². The second-order valence-corrected chi connectivity index (χ2v) is 9.97. The van der Waals surface area contributed by atoms with Gasteiger partial charge in [-0.3, -0.25) is 9.10 Å². The first kappa shape index (κ1) is 20.9. The molecule has 3 rings (SSSR count). The van der Waals surface area contributed by atoms with Crippen LogP contribution in [0.1, 0.15) is 55.6 Å². The van der Waals surface area contributed by atoms with Crippen LogP contribution in [0.2, 0.25) is 0 Å². The lowest BCUT2D eigenvalue weighted by atomic mass is 9.85. The van der Waals surface area contributed by atoms with Gasteiger partial charge in [0.25, 0.3) is 10.0 Å². The van der Waals surface area contributed by atoms with E-state index < -0.39 is 16.0 Å². The number of carboxylic acids is 1. The molecular formula is C21H24BrNO4S. The molecule has 0 saturated heterocycles. The monoisotopic (exact) mass is 465 g/mol. The first-order valence-electron chi connectivity index (χ1n) is 9.41.